The van der Waals surface area contributed by atoms with Gasteiger partial charge in [0.25, 0.3) is 0 Å². The van der Waals surface area contributed by atoms with Gasteiger partial charge in [0.2, 0.25) is 0 Å². The van der Waals surface area contributed by atoms with Crippen molar-refractivity contribution in [2.24, 2.45) is 5.92 Å². The van der Waals surface area contributed by atoms with Crippen molar-refractivity contribution in [1.82, 2.24) is 0 Å². The molecule has 25 heavy (non-hydrogen) atoms. The molecule has 1 unspecified atom stereocenters. The number of hydrogen-bond donors (Lipinski definition) is 0. The van der Waals surface area contributed by atoms with E-state index in [0.717, 1.165) is 25.7 Å². The first-order valence-electron chi connectivity index (χ1n) is 10.4. The number of unbranched alkanes of at least 4 members (excludes halogenated alkanes) is 8. The molecule has 0 fully saturated rings. The van der Waals surface area contributed by atoms with Gasteiger partial charge in [-0.2, -0.15) is 0 Å². The predicted molar refractivity (Wildman–Crippen MR) is 102 cm³/mol. The second-order valence-electron chi connectivity index (χ2n) is 7.01. The van der Waals surface area contributed by atoms with Gasteiger partial charge >= 0.3 is 11.9 Å². The van der Waals surface area contributed by atoms with Gasteiger partial charge in [-0.15, -0.1) is 0 Å². The van der Waals surface area contributed by atoms with Crippen LogP contribution in [0.25, 0.3) is 0 Å². The van der Waals surface area contributed by atoms with Crippen molar-refractivity contribution in [3.8, 4) is 0 Å². The van der Waals surface area contributed by atoms with Gasteiger partial charge in [0.05, 0.1) is 19.1 Å². The van der Waals surface area contributed by atoms with Crippen molar-refractivity contribution >= 4 is 11.9 Å². The first-order valence-corrected chi connectivity index (χ1v) is 10.4. The van der Waals surface area contributed by atoms with Crippen LogP contribution in [0.1, 0.15) is 104 Å². The minimum Gasteiger partial charge on any atom is -0.466 e. The third-order valence-corrected chi connectivity index (χ3v) is 4.42. The smallest absolute Gasteiger partial charge is 0.308 e. The summed E-state index contributed by atoms with van der Waals surface area (Å²) in [6, 6.07) is 0. The average Bonchev–Trinajstić information content (AvgIpc) is 2.60. The molecule has 0 aromatic rings. The van der Waals surface area contributed by atoms with Crippen molar-refractivity contribution in [2.45, 2.75) is 104 Å². The molecule has 0 aromatic carbocycles. The fraction of sp³-hybridized carbons (Fsp3) is 0.905. The molecule has 0 rings (SSSR count). The van der Waals surface area contributed by atoms with Crippen LogP contribution < -0.4 is 0 Å². The minimum atomic E-state index is -0.146. The Morgan fingerprint density at radius 2 is 1.24 bits per heavy atom. The van der Waals surface area contributed by atoms with Crippen LogP contribution in [0.2, 0.25) is 0 Å². The molecule has 0 aliphatic carbocycles. The van der Waals surface area contributed by atoms with Crippen molar-refractivity contribution < 1.29 is 19.1 Å². The van der Waals surface area contributed by atoms with Crippen LogP contribution in [0.5, 0.6) is 0 Å². The first-order chi connectivity index (χ1) is 12.1. The Bertz CT molecular complexity index is 328. The van der Waals surface area contributed by atoms with E-state index in [-0.39, 0.29) is 17.9 Å². The van der Waals surface area contributed by atoms with Crippen LogP contribution in [-0.2, 0) is 19.1 Å². The third kappa shape index (κ3) is 16.2. The molecule has 0 saturated heterocycles. The van der Waals surface area contributed by atoms with Crippen LogP contribution in [0.15, 0.2) is 0 Å². The van der Waals surface area contributed by atoms with E-state index in [2.05, 4.69) is 13.8 Å². The second kappa shape index (κ2) is 17.8. The molecule has 1 atom stereocenters. The van der Waals surface area contributed by atoms with Crippen LogP contribution in [-0.4, -0.2) is 25.2 Å². The SMILES string of the molecule is CCCCCCCOC(=O)CCCC(C)C(=O)OCCCCCCC. The first kappa shape index (κ1) is 23.9. The predicted octanol–water partition coefficient (Wildman–Crippen LogP) is 5.82. The Morgan fingerprint density at radius 1 is 0.720 bits per heavy atom. The van der Waals surface area contributed by atoms with E-state index in [1.54, 1.807) is 0 Å². The van der Waals surface area contributed by atoms with Crippen molar-refractivity contribution in [2.75, 3.05) is 13.2 Å². The summed E-state index contributed by atoms with van der Waals surface area (Å²) in [4.78, 5) is 23.5. The van der Waals surface area contributed by atoms with E-state index in [4.69, 9.17) is 9.47 Å². The van der Waals surface area contributed by atoms with Gasteiger partial charge in [-0.25, -0.2) is 0 Å². The van der Waals surface area contributed by atoms with Gasteiger partial charge < -0.3 is 9.47 Å². The fourth-order valence-electron chi connectivity index (χ4n) is 2.65. The Labute approximate surface area is 155 Å². The lowest BCUT2D eigenvalue weighted by Crippen LogP contribution is -2.16. The zero-order valence-electron chi connectivity index (χ0n) is 16.8. The molecule has 148 valence electrons. The monoisotopic (exact) mass is 356 g/mol. The van der Waals surface area contributed by atoms with Crippen LogP contribution in [0, 0.1) is 5.92 Å². The van der Waals surface area contributed by atoms with E-state index in [1.807, 2.05) is 6.92 Å². The third-order valence-electron chi connectivity index (χ3n) is 4.42. The molecule has 0 saturated carbocycles. The summed E-state index contributed by atoms with van der Waals surface area (Å²) in [6.45, 7) is 7.29. The summed E-state index contributed by atoms with van der Waals surface area (Å²) in [5.74, 6) is -0.427. The average molecular weight is 357 g/mol. The van der Waals surface area contributed by atoms with Crippen LogP contribution in [0.4, 0.5) is 0 Å². The molecular weight excluding hydrogens is 316 g/mol. The standard InChI is InChI=1S/C21H40O4/c1-4-6-8-10-12-17-24-20(22)16-14-15-19(3)21(23)25-18-13-11-9-7-5-2/h19H,4-18H2,1-3H3. The number of carbonyl (C=O) groups excluding carboxylic acids is 2. The maximum Gasteiger partial charge on any atom is 0.308 e. The van der Waals surface area contributed by atoms with Gasteiger partial charge in [0, 0.05) is 6.42 Å². The lowest BCUT2D eigenvalue weighted by atomic mass is 10.0. The van der Waals surface area contributed by atoms with Crippen molar-refractivity contribution in [3.63, 3.8) is 0 Å². The number of esters is 2. The highest BCUT2D eigenvalue weighted by Gasteiger charge is 2.15. The van der Waals surface area contributed by atoms with Crippen molar-refractivity contribution in [3.05, 3.63) is 0 Å². The highest BCUT2D eigenvalue weighted by Crippen LogP contribution is 2.12. The maximum absolute atomic E-state index is 11.9. The Hall–Kier alpha value is -1.06. The zero-order valence-corrected chi connectivity index (χ0v) is 16.8. The molecule has 0 aromatic heterocycles. The Morgan fingerprint density at radius 3 is 1.80 bits per heavy atom. The Kier molecular flexibility index (Phi) is 17.0. The normalized spacial score (nSPS) is 12.0. The second-order valence-corrected chi connectivity index (χ2v) is 7.01. The van der Waals surface area contributed by atoms with E-state index >= 15 is 0 Å². The van der Waals surface area contributed by atoms with Crippen molar-refractivity contribution in [1.29, 1.82) is 0 Å². The Balaban J connectivity index is 3.52. The topological polar surface area (TPSA) is 52.6 Å². The van der Waals surface area contributed by atoms with Gasteiger partial charge in [0.1, 0.15) is 0 Å². The number of ether oxygens (including phenoxy) is 2. The van der Waals surface area contributed by atoms with Crippen LogP contribution >= 0.6 is 0 Å². The van der Waals surface area contributed by atoms with Gasteiger partial charge in [-0.3, -0.25) is 9.59 Å². The molecular formula is C21H40O4. The summed E-state index contributed by atoms with van der Waals surface area (Å²) in [7, 11) is 0. The highest BCUT2D eigenvalue weighted by atomic mass is 16.5. The quantitative estimate of drug-likeness (QED) is 0.243. The van der Waals surface area contributed by atoms with Gasteiger partial charge in [-0.1, -0.05) is 72.1 Å². The van der Waals surface area contributed by atoms with E-state index in [9.17, 15) is 9.59 Å². The summed E-state index contributed by atoms with van der Waals surface area (Å²) in [5, 5.41) is 0. The van der Waals surface area contributed by atoms with E-state index in [1.165, 1.54) is 38.5 Å². The lowest BCUT2D eigenvalue weighted by Gasteiger charge is -2.11. The molecule has 0 aliphatic rings. The van der Waals surface area contributed by atoms with Crippen LogP contribution in [0.3, 0.4) is 0 Å². The molecule has 4 heteroatoms. The molecule has 0 N–H and O–H groups in total. The lowest BCUT2D eigenvalue weighted by molar-refractivity contribution is -0.149. The molecule has 4 nitrogen and oxygen atoms in total. The van der Waals surface area contributed by atoms with Gasteiger partial charge in [-0.05, 0) is 25.7 Å². The molecule has 0 radical (unpaired) electrons. The van der Waals surface area contributed by atoms with Gasteiger partial charge in [0.15, 0.2) is 0 Å². The molecule has 0 bridgehead atoms. The van der Waals surface area contributed by atoms with E-state index in [0.29, 0.717) is 32.5 Å². The molecule has 0 heterocycles. The highest BCUT2D eigenvalue weighted by molar-refractivity contribution is 5.72. The summed E-state index contributed by atoms with van der Waals surface area (Å²) >= 11 is 0. The summed E-state index contributed by atoms with van der Waals surface area (Å²) in [6.07, 6.45) is 13.3. The maximum atomic E-state index is 11.9. The molecule has 0 amide bonds. The summed E-state index contributed by atoms with van der Waals surface area (Å²) in [5.41, 5.74) is 0. The number of hydrogen-bond acceptors (Lipinski definition) is 4. The summed E-state index contributed by atoms with van der Waals surface area (Å²) < 4.78 is 10.5. The van der Waals surface area contributed by atoms with E-state index < -0.39 is 0 Å². The molecule has 0 spiro atoms. The number of carbonyl (C=O) groups is 2. The molecule has 0 aliphatic heterocycles. The minimum absolute atomic E-state index is 0.139. The zero-order chi connectivity index (χ0) is 18.8. The fourth-order valence-corrected chi connectivity index (χ4v) is 2.65. The largest absolute Gasteiger partial charge is 0.466 e. The number of rotatable bonds is 17.